The maximum absolute atomic E-state index is 12.8. The minimum Gasteiger partial charge on any atom is -0.467 e. The first-order chi connectivity index (χ1) is 13.8. The molecule has 29 heavy (non-hydrogen) atoms. The number of likely N-dealkylation sites (tertiary alicyclic amines) is 1. The maximum atomic E-state index is 12.8. The van der Waals surface area contributed by atoms with Crippen molar-refractivity contribution in [3.63, 3.8) is 0 Å². The summed E-state index contributed by atoms with van der Waals surface area (Å²) in [6.45, 7) is 2.38. The van der Waals surface area contributed by atoms with Gasteiger partial charge in [0.05, 0.1) is 17.7 Å². The highest BCUT2D eigenvalue weighted by Crippen LogP contribution is 2.25. The molecule has 0 spiro atoms. The van der Waals surface area contributed by atoms with Crippen molar-refractivity contribution in [3.05, 3.63) is 59.7 Å². The maximum Gasteiger partial charge on any atom is 0.328 e. The van der Waals surface area contributed by atoms with Crippen molar-refractivity contribution in [3.8, 4) is 0 Å². The number of benzene rings is 2. The summed E-state index contributed by atoms with van der Waals surface area (Å²) in [7, 11) is -0.924. The molecule has 0 aromatic heterocycles. The molecule has 1 heterocycles. The molecular weight excluding hydrogens is 392 g/mol. The summed E-state index contributed by atoms with van der Waals surface area (Å²) < 4.78 is 31.6. The highest BCUT2D eigenvalue weighted by molar-refractivity contribution is 7.92. The van der Waals surface area contributed by atoms with E-state index in [1.165, 1.54) is 23.4 Å². The summed E-state index contributed by atoms with van der Waals surface area (Å²) in [4.78, 5) is 26.4. The summed E-state index contributed by atoms with van der Waals surface area (Å²) in [5, 5.41) is 0. The van der Waals surface area contributed by atoms with Crippen LogP contribution >= 0.6 is 0 Å². The number of carbonyl (C=O) groups excluding carboxylic acids is 2. The Bertz CT molecular complexity index is 1000. The number of carbonyl (C=O) groups is 2. The number of amides is 1. The first kappa shape index (κ1) is 20.9. The highest BCUT2D eigenvalue weighted by Gasteiger charge is 2.35. The van der Waals surface area contributed by atoms with Crippen molar-refractivity contribution in [2.24, 2.45) is 0 Å². The molecule has 1 fully saturated rings. The summed E-state index contributed by atoms with van der Waals surface area (Å²) in [6, 6.07) is 12.4. The Morgan fingerprint density at radius 1 is 1.07 bits per heavy atom. The number of sulfonamides is 1. The normalized spacial score (nSPS) is 16.5. The molecule has 0 N–H and O–H groups in total. The number of ether oxygens (including phenoxy) is 1. The van der Waals surface area contributed by atoms with Gasteiger partial charge in [0.25, 0.3) is 15.9 Å². The van der Waals surface area contributed by atoms with E-state index in [0.717, 1.165) is 12.0 Å². The van der Waals surface area contributed by atoms with Crippen molar-refractivity contribution < 1.29 is 22.7 Å². The van der Waals surface area contributed by atoms with Crippen LogP contribution in [0, 0.1) is 6.92 Å². The fraction of sp³-hybridized carbons (Fsp3) is 0.333. The molecule has 7 nitrogen and oxygen atoms in total. The van der Waals surface area contributed by atoms with Gasteiger partial charge >= 0.3 is 5.97 Å². The zero-order valence-corrected chi connectivity index (χ0v) is 17.5. The standard InChI is InChI=1S/C21H24N2O5S/c1-15-6-12-18(13-7-15)29(26,27)22(2)17-10-8-16(9-11-17)20(24)23-14-4-5-19(23)21(25)28-3/h6-13,19H,4-5,14H2,1-3H3/t19-/m1/s1. The molecule has 0 bridgehead atoms. The number of esters is 1. The van der Waals surface area contributed by atoms with Crippen molar-refractivity contribution in [1.82, 2.24) is 4.90 Å². The summed E-state index contributed by atoms with van der Waals surface area (Å²) in [6.07, 6.45) is 1.31. The Hall–Kier alpha value is -2.87. The van der Waals surface area contributed by atoms with Gasteiger partial charge in [-0.15, -0.1) is 0 Å². The SMILES string of the molecule is COC(=O)[C@H]1CCCN1C(=O)c1ccc(N(C)S(=O)(=O)c2ccc(C)cc2)cc1. The van der Waals surface area contributed by atoms with Crippen LogP contribution in [0.3, 0.4) is 0 Å². The van der Waals surface area contributed by atoms with Crippen LogP contribution < -0.4 is 4.31 Å². The number of nitrogens with zero attached hydrogens (tertiary/aromatic N) is 2. The lowest BCUT2D eigenvalue weighted by Crippen LogP contribution is -2.41. The van der Waals surface area contributed by atoms with E-state index in [4.69, 9.17) is 4.74 Å². The predicted octanol–water partition coefficient (Wildman–Crippen LogP) is 2.60. The first-order valence-electron chi connectivity index (χ1n) is 9.30. The monoisotopic (exact) mass is 416 g/mol. The lowest BCUT2D eigenvalue weighted by atomic mass is 10.1. The number of aryl methyl sites for hydroxylation is 1. The molecule has 0 saturated carbocycles. The van der Waals surface area contributed by atoms with Gasteiger partial charge < -0.3 is 9.64 Å². The molecule has 1 aliphatic rings. The van der Waals surface area contributed by atoms with Gasteiger partial charge in [-0.3, -0.25) is 9.10 Å². The predicted molar refractivity (Wildman–Crippen MR) is 109 cm³/mol. The smallest absolute Gasteiger partial charge is 0.328 e. The number of rotatable bonds is 5. The van der Waals surface area contributed by atoms with E-state index < -0.39 is 22.0 Å². The number of hydrogen-bond acceptors (Lipinski definition) is 5. The van der Waals surface area contributed by atoms with Gasteiger partial charge in [-0.2, -0.15) is 0 Å². The van der Waals surface area contributed by atoms with Gasteiger partial charge in [0.2, 0.25) is 0 Å². The van der Waals surface area contributed by atoms with Crippen LogP contribution in [0.1, 0.15) is 28.8 Å². The number of anilines is 1. The van der Waals surface area contributed by atoms with E-state index in [0.29, 0.717) is 24.2 Å². The second-order valence-corrected chi connectivity index (χ2v) is 8.98. The molecule has 1 aliphatic heterocycles. The van der Waals surface area contributed by atoms with Crippen LogP contribution in [0.25, 0.3) is 0 Å². The van der Waals surface area contributed by atoms with E-state index in [9.17, 15) is 18.0 Å². The van der Waals surface area contributed by atoms with Crippen LogP contribution in [0.5, 0.6) is 0 Å². The van der Waals surface area contributed by atoms with E-state index in [-0.39, 0.29) is 10.8 Å². The lowest BCUT2D eigenvalue weighted by Gasteiger charge is -2.23. The third kappa shape index (κ3) is 4.12. The zero-order valence-electron chi connectivity index (χ0n) is 16.7. The fourth-order valence-electron chi connectivity index (χ4n) is 3.38. The molecule has 1 amide bonds. The number of methoxy groups -OCH3 is 1. The van der Waals surface area contributed by atoms with Crippen molar-refractivity contribution in [2.45, 2.75) is 30.7 Å². The molecule has 8 heteroatoms. The van der Waals surface area contributed by atoms with Gasteiger partial charge in [-0.1, -0.05) is 17.7 Å². The molecule has 154 valence electrons. The van der Waals surface area contributed by atoms with Crippen LogP contribution in [-0.4, -0.2) is 51.9 Å². The van der Waals surface area contributed by atoms with Crippen molar-refractivity contribution >= 4 is 27.6 Å². The minimum absolute atomic E-state index is 0.198. The van der Waals surface area contributed by atoms with E-state index in [1.54, 1.807) is 48.5 Å². The van der Waals surface area contributed by atoms with Gasteiger partial charge in [-0.25, -0.2) is 13.2 Å². The first-order valence-corrected chi connectivity index (χ1v) is 10.7. The largest absolute Gasteiger partial charge is 0.467 e. The Balaban J connectivity index is 1.80. The third-order valence-corrected chi connectivity index (χ3v) is 6.94. The lowest BCUT2D eigenvalue weighted by molar-refractivity contribution is -0.145. The quantitative estimate of drug-likeness (QED) is 0.700. The summed E-state index contributed by atoms with van der Waals surface area (Å²) in [5.74, 6) is -0.690. The van der Waals surface area contributed by atoms with Crippen LogP contribution in [0.15, 0.2) is 53.4 Å². The summed E-state index contributed by atoms with van der Waals surface area (Å²) in [5.41, 5.74) is 1.81. The minimum atomic E-state index is -3.70. The van der Waals surface area contributed by atoms with Gasteiger partial charge in [-0.05, 0) is 56.2 Å². The second-order valence-electron chi connectivity index (χ2n) is 7.01. The molecule has 1 saturated heterocycles. The molecular formula is C21H24N2O5S. The molecule has 0 radical (unpaired) electrons. The Morgan fingerprint density at radius 2 is 1.69 bits per heavy atom. The van der Waals surface area contributed by atoms with E-state index in [1.807, 2.05) is 6.92 Å². The van der Waals surface area contributed by atoms with E-state index >= 15 is 0 Å². The Labute approximate surface area is 170 Å². The van der Waals surface area contributed by atoms with E-state index in [2.05, 4.69) is 0 Å². The fourth-order valence-corrected chi connectivity index (χ4v) is 4.57. The molecule has 1 atom stereocenters. The average molecular weight is 416 g/mol. The molecule has 0 unspecified atom stereocenters. The van der Waals surface area contributed by atoms with Crippen LogP contribution in [-0.2, 0) is 19.6 Å². The van der Waals surface area contributed by atoms with Crippen LogP contribution in [0.4, 0.5) is 5.69 Å². The van der Waals surface area contributed by atoms with Gasteiger partial charge in [0, 0.05) is 19.2 Å². The van der Waals surface area contributed by atoms with Crippen molar-refractivity contribution in [2.75, 3.05) is 25.0 Å². The molecule has 3 rings (SSSR count). The van der Waals surface area contributed by atoms with Gasteiger partial charge in [0.15, 0.2) is 0 Å². The third-order valence-electron chi connectivity index (χ3n) is 5.14. The van der Waals surface area contributed by atoms with Gasteiger partial charge in [0.1, 0.15) is 6.04 Å². The number of hydrogen-bond donors (Lipinski definition) is 0. The molecule has 2 aromatic rings. The molecule has 2 aromatic carbocycles. The zero-order chi connectivity index (χ0) is 21.2. The molecule has 0 aliphatic carbocycles. The second kappa shape index (κ2) is 8.24. The highest BCUT2D eigenvalue weighted by atomic mass is 32.2. The average Bonchev–Trinajstić information content (AvgIpc) is 3.22. The topological polar surface area (TPSA) is 84.0 Å². The van der Waals surface area contributed by atoms with Crippen LogP contribution in [0.2, 0.25) is 0 Å². The Kier molecular flexibility index (Phi) is 5.93. The summed E-state index contributed by atoms with van der Waals surface area (Å²) >= 11 is 0. The Morgan fingerprint density at radius 3 is 2.28 bits per heavy atom. The van der Waals surface area contributed by atoms with Crippen molar-refractivity contribution in [1.29, 1.82) is 0 Å².